The monoisotopic (exact) mass is 260 g/mol. The third-order valence-corrected chi connectivity index (χ3v) is 2.19. The van der Waals surface area contributed by atoms with Gasteiger partial charge in [-0.2, -0.15) is 0 Å². The summed E-state index contributed by atoms with van der Waals surface area (Å²) in [6, 6.07) is 0. The number of aliphatic hydroxyl groups is 1. The molecule has 18 heavy (non-hydrogen) atoms. The quantitative estimate of drug-likeness (QED) is 0.283. The standard InChI is InChI=1S/C12H20O6/c1-4-9(3)12(15)17-7-6-16-11(14)8-18-10(13)5-2/h5,9,11,14H,2,4,6-8H2,1,3H3. The van der Waals surface area contributed by atoms with Crippen molar-refractivity contribution in [3.63, 3.8) is 0 Å². The summed E-state index contributed by atoms with van der Waals surface area (Å²) in [5, 5.41) is 9.24. The van der Waals surface area contributed by atoms with Gasteiger partial charge in [0.15, 0.2) is 6.29 Å². The van der Waals surface area contributed by atoms with Gasteiger partial charge in [0.05, 0.1) is 12.5 Å². The Bertz CT molecular complexity index is 276. The smallest absolute Gasteiger partial charge is 0.330 e. The lowest BCUT2D eigenvalue weighted by molar-refractivity contribution is -0.168. The molecule has 6 nitrogen and oxygen atoms in total. The van der Waals surface area contributed by atoms with E-state index in [1.165, 1.54) is 0 Å². The van der Waals surface area contributed by atoms with Crippen LogP contribution in [0.1, 0.15) is 20.3 Å². The van der Waals surface area contributed by atoms with Crippen LogP contribution in [0.2, 0.25) is 0 Å². The van der Waals surface area contributed by atoms with Crippen molar-refractivity contribution in [1.82, 2.24) is 0 Å². The highest BCUT2D eigenvalue weighted by molar-refractivity contribution is 5.81. The maximum Gasteiger partial charge on any atom is 0.330 e. The maximum absolute atomic E-state index is 11.3. The molecule has 0 aromatic heterocycles. The topological polar surface area (TPSA) is 82.1 Å². The van der Waals surface area contributed by atoms with Crippen molar-refractivity contribution >= 4 is 11.9 Å². The van der Waals surface area contributed by atoms with Crippen molar-refractivity contribution in [3.05, 3.63) is 12.7 Å². The van der Waals surface area contributed by atoms with Gasteiger partial charge in [-0.25, -0.2) is 4.79 Å². The molecule has 0 saturated carbocycles. The van der Waals surface area contributed by atoms with E-state index in [1.807, 2.05) is 6.92 Å². The van der Waals surface area contributed by atoms with Crippen molar-refractivity contribution < 1.29 is 28.9 Å². The largest absolute Gasteiger partial charge is 0.463 e. The molecule has 0 aliphatic heterocycles. The van der Waals surface area contributed by atoms with Crippen molar-refractivity contribution in [2.45, 2.75) is 26.6 Å². The Morgan fingerprint density at radius 1 is 1.33 bits per heavy atom. The van der Waals surface area contributed by atoms with E-state index in [1.54, 1.807) is 6.92 Å². The van der Waals surface area contributed by atoms with Crippen molar-refractivity contribution in [3.8, 4) is 0 Å². The van der Waals surface area contributed by atoms with Crippen molar-refractivity contribution in [2.24, 2.45) is 5.92 Å². The molecule has 104 valence electrons. The zero-order valence-electron chi connectivity index (χ0n) is 10.8. The van der Waals surface area contributed by atoms with Gasteiger partial charge >= 0.3 is 11.9 Å². The normalized spacial score (nSPS) is 13.5. The molecule has 2 unspecified atom stereocenters. The van der Waals surface area contributed by atoms with Crippen LogP contribution in [0.5, 0.6) is 0 Å². The van der Waals surface area contributed by atoms with Crippen molar-refractivity contribution in [2.75, 3.05) is 19.8 Å². The van der Waals surface area contributed by atoms with Crippen LogP contribution in [-0.2, 0) is 23.8 Å². The fourth-order valence-corrected chi connectivity index (χ4v) is 0.896. The Balaban J connectivity index is 3.56. The molecule has 0 rings (SSSR count). The first-order valence-electron chi connectivity index (χ1n) is 5.76. The van der Waals surface area contributed by atoms with Gasteiger partial charge < -0.3 is 19.3 Å². The van der Waals surface area contributed by atoms with Gasteiger partial charge in [0.25, 0.3) is 0 Å². The molecular formula is C12H20O6. The van der Waals surface area contributed by atoms with E-state index in [9.17, 15) is 14.7 Å². The first kappa shape index (κ1) is 16.6. The number of hydrogen-bond acceptors (Lipinski definition) is 6. The highest BCUT2D eigenvalue weighted by Crippen LogP contribution is 2.02. The number of rotatable bonds is 9. The van der Waals surface area contributed by atoms with Gasteiger partial charge in [-0.05, 0) is 6.42 Å². The molecule has 0 fully saturated rings. The van der Waals surface area contributed by atoms with Crippen LogP contribution < -0.4 is 0 Å². The lowest BCUT2D eigenvalue weighted by Crippen LogP contribution is -2.24. The molecule has 6 heteroatoms. The molecule has 0 saturated heterocycles. The molecule has 0 radical (unpaired) electrons. The van der Waals surface area contributed by atoms with Crippen LogP contribution in [0.15, 0.2) is 12.7 Å². The first-order chi connectivity index (χ1) is 8.51. The Morgan fingerprint density at radius 2 is 2.00 bits per heavy atom. The first-order valence-corrected chi connectivity index (χ1v) is 5.76. The van der Waals surface area contributed by atoms with Crippen LogP contribution in [0.3, 0.4) is 0 Å². The molecule has 0 aromatic carbocycles. The van der Waals surface area contributed by atoms with Gasteiger partial charge in [-0.15, -0.1) is 0 Å². The second-order valence-electron chi connectivity index (χ2n) is 3.64. The van der Waals surface area contributed by atoms with Crippen LogP contribution in [-0.4, -0.2) is 43.2 Å². The molecule has 0 aliphatic rings. The van der Waals surface area contributed by atoms with Crippen LogP contribution >= 0.6 is 0 Å². The maximum atomic E-state index is 11.3. The summed E-state index contributed by atoms with van der Waals surface area (Å²) in [6.45, 7) is 6.66. The Labute approximate surface area is 107 Å². The SMILES string of the molecule is C=CC(=O)OCC(O)OCCOC(=O)C(C)CC. The van der Waals surface area contributed by atoms with Crippen molar-refractivity contribution in [1.29, 1.82) is 0 Å². The van der Waals surface area contributed by atoms with E-state index in [0.29, 0.717) is 6.42 Å². The fraction of sp³-hybridized carbons (Fsp3) is 0.667. The number of ether oxygens (including phenoxy) is 3. The molecule has 2 atom stereocenters. The molecule has 0 bridgehead atoms. The van der Waals surface area contributed by atoms with Crippen LogP contribution in [0.4, 0.5) is 0 Å². The molecule has 0 heterocycles. The van der Waals surface area contributed by atoms with Gasteiger partial charge in [-0.1, -0.05) is 20.4 Å². The van der Waals surface area contributed by atoms with E-state index < -0.39 is 12.3 Å². The number of esters is 2. The summed E-state index contributed by atoms with van der Waals surface area (Å²) in [4.78, 5) is 21.9. The molecule has 0 aliphatic carbocycles. The fourth-order valence-electron chi connectivity index (χ4n) is 0.896. The predicted octanol–water partition coefficient (Wildman–Crippen LogP) is 0.640. The lowest BCUT2D eigenvalue weighted by Gasteiger charge is -2.13. The summed E-state index contributed by atoms with van der Waals surface area (Å²) >= 11 is 0. The Hall–Kier alpha value is -1.40. The minimum absolute atomic E-state index is 0.0367. The summed E-state index contributed by atoms with van der Waals surface area (Å²) in [5.74, 6) is -1.09. The van der Waals surface area contributed by atoms with Crippen LogP contribution in [0, 0.1) is 5.92 Å². The average Bonchev–Trinajstić information content (AvgIpc) is 2.39. The lowest BCUT2D eigenvalue weighted by atomic mass is 10.1. The molecular weight excluding hydrogens is 240 g/mol. The van der Waals surface area contributed by atoms with E-state index in [4.69, 9.17) is 9.47 Å². The van der Waals surface area contributed by atoms with E-state index >= 15 is 0 Å². The van der Waals surface area contributed by atoms with Gasteiger partial charge in [0.1, 0.15) is 13.2 Å². The summed E-state index contributed by atoms with van der Waals surface area (Å²) in [5.41, 5.74) is 0. The van der Waals surface area contributed by atoms with E-state index in [2.05, 4.69) is 11.3 Å². The van der Waals surface area contributed by atoms with E-state index in [0.717, 1.165) is 6.08 Å². The second-order valence-corrected chi connectivity index (χ2v) is 3.64. The molecule has 0 spiro atoms. The second kappa shape index (κ2) is 9.61. The number of aliphatic hydroxyl groups excluding tert-OH is 1. The highest BCUT2D eigenvalue weighted by atomic mass is 16.6. The minimum Gasteiger partial charge on any atom is -0.463 e. The van der Waals surface area contributed by atoms with E-state index in [-0.39, 0.29) is 31.7 Å². The highest BCUT2D eigenvalue weighted by Gasteiger charge is 2.12. The van der Waals surface area contributed by atoms with Crippen LogP contribution in [0.25, 0.3) is 0 Å². The third kappa shape index (κ3) is 7.81. The average molecular weight is 260 g/mol. The number of carbonyl (C=O) groups is 2. The third-order valence-electron chi connectivity index (χ3n) is 2.19. The van der Waals surface area contributed by atoms with Gasteiger partial charge in [0, 0.05) is 6.08 Å². The predicted molar refractivity (Wildman–Crippen MR) is 63.5 cm³/mol. The van der Waals surface area contributed by atoms with Gasteiger partial charge in [-0.3, -0.25) is 4.79 Å². The molecule has 0 amide bonds. The zero-order chi connectivity index (χ0) is 14.0. The zero-order valence-corrected chi connectivity index (χ0v) is 10.8. The minimum atomic E-state index is -1.24. The summed E-state index contributed by atoms with van der Waals surface area (Å²) < 4.78 is 14.3. The summed E-state index contributed by atoms with van der Waals surface area (Å²) in [6.07, 6.45) is 0.455. The Kier molecular flexibility index (Phi) is 8.86. The molecule has 0 aromatic rings. The van der Waals surface area contributed by atoms with Gasteiger partial charge in [0.2, 0.25) is 0 Å². The number of hydrogen-bond donors (Lipinski definition) is 1. The Morgan fingerprint density at radius 3 is 2.56 bits per heavy atom. The molecule has 1 N–H and O–H groups in total. The summed E-state index contributed by atoms with van der Waals surface area (Å²) in [7, 11) is 0. The number of carbonyl (C=O) groups excluding carboxylic acids is 2.